The van der Waals surface area contributed by atoms with Crippen LogP contribution in [-0.4, -0.2) is 54.1 Å². The summed E-state index contributed by atoms with van der Waals surface area (Å²) in [4.78, 5) is 31.8. The van der Waals surface area contributed by atoms with Gasteiger partial charge in [0.15, 0.2) is 0 Å². The highest BCUT2D eigenvalue weighted by atomic mass is 16.2. The molecule has 5 heteroatoms. The highest BCUT2D eigenvalue weighted by Gasteiger charge is 2.32. The predicted molar refractivity (Wildman–Crippen MR) is 113 cm³/mol. The molecule has 5 nitrogen and oxygen atoms in total. The van der Waals surface area contributed by atoms with Crippen LogP contribution >= 0.6 is 0 Å². The van der Waals surface area contributed by atoms with Gasteiger partial charge in [-0.05, 0) is 55.4 Å². The standard InChI is InChI=1S/C23H33N3O2/c1-18(27)26-15-11-21(12-16-26)25(3)22(28)24-17-19-9-13-23(2,14-10-19)20-7-5-4-6-8-20/h4-8,17,19,21H,9-16H2,1-3H3/b24-17+. The Morgan fingerprint density at radius 2 is 1.71 bits per heavy atom. The summed E-state index contributed by atoms with van der Waals surface area (Å²) in [5.41, 5.74) is 1.65. The fourth-order valence-electron chi connectivity index (χ4n) is 4.54. The Kier molecular flexibility index (Phi) is 6.53. The summed E-state index contributed by atoms with van der Waals surface area (Å²) >= 11 is 0. The van der Waals surface area contributed by atoms with Crippen LogP contribution in [0.1, 0.15) is 57.9 Å². The molecule has 0 atom stereocenters. The molecular formula is C23H33N3O2. The van der Waals surface area contributed by atoms with E-state index in [0.717, 1.165) is 51.6 Å². The number of benzene rings is 1. The van der Waals surface area contributed by atoms with Crippen LogP contribution < -0.4 is 0 Å². The molecular weight excluding hydrogens is 350 g/mol. The summed E-state index contributed by atoms with van der Waals surface area (Å²) in [6.45, 7) is 5.40. The number of aliphatic imine (C=N–C) groups is 1. The van der Waals surface area contributed by atoms with E-state index in [4.69, 9.17) is 0 Å². The third-order valence-electron chi connectivity index (χ3n) is 6.76. The number of rotatable bonds is 3. The zero-order chi connectivity index (χ0) is 20.1. The first-order valence-corrected chi connectivity index (χ1v) is 10.5. The summed E-state index contributed by atoms with van der Waals surface area (Å²) < 4.78 is 0. The van der Waals surface area contributed by atoms with E-state index in [-0.39, 0.29) is 23.4 Å². The Bertz CT molecular complexity index is 700. The number of nitrogens with zero attached hydrogens (tertiary/aromatic N) is 3. The lowest BCUT2D eigenvalue weighted by molar-refractivity contribution is -0.130. The molecule has 1 aromatic rings. The van der Waals surface area contributed by atoms with Gasteiger partial charge in [0, 0.05) is 39.3 Å². The molecule has 0 spiro atoms. The van der Waals surface area contributed by atoms with Crippen LogP contribution in [0.4, 0.5) is 4.79 Å². The van der Waals surface area contributed by atoms with Crippen LogP contribution in [0, 0.1) is 5.92 Å². The fourth-order valence-corrected chi connectivity index (χ4v) is 4.54. The summed E-state index contributed by atoms with van der Waals surface area (Å²) in [6.07, 6.45) is 7.94. The van der Waals surface area contributed by atoms with Crippen molar-refractivity contribution in [1.82, 2.24) is 9.80 Å². The van der Waals surface area contributed by atoms with Crippen molar-refractivity contribution in [3.05, 3.63) is 35.9 Å². The number of amides is 3. The van der Waals surface area contributed by atoms with Crippen LogP contribution in [0.5, 0.6) is 0 Å². The third kappa shape index (κ3) is 4.81. The number of carbonyl (C=O) groups is 2. The van der Waals surface area contributed by atoms with Crippen molar-refractivity contribution in [2.75, 3.05) is 20.1 Å². The van der Waals surface area contributed by atoms with E-state index in [9.17, 15) is 9.59 Å². The molecule has 1 aliphatic carbocycles. The highest BCUT2D eigenvalue weighted by Crippen LogP contribution is 2.40. The second-order valence-corrected chi connectivity index (χ2v) is 8.67. The molecule has 0 aromatic heterocycles. The lowest BCUT2D eigenvalue weighted by Crippen LogP contribution is -2.46. The van der Waals surface area contributed by atoms with Crippen molar-refractivity contribution >= 4 is 18.2 Å². The average Bonchev–Trinajstić information content (AvgIpc) is 2.73. The Labute approximate surface area is 168 Å². The van der Waals surface area contributed by atoms with E-state index >= 15 is 0 Å². The first kappa shape index (κ1) is 20.6. The van der Waals surface area contributed by atoms with Crippen molar-refractivity contribution in [2.45, 2.75) is 63.8 Å². The topological polar surface area (TPSA) is 53.0 Å². The van der Waals surface area contributed by atoms with Crippen molar-refractivity contribution in [3.8, 4) is 0 Å². The van der Waals surface area contributed by atoms with Crippen LogP contribution in [0.25, 0.3) is 0 Å². The van der Waals surface area contributed by atoms with Crippen molar-refractivity contribution < 1.29 is 9.59 Å². The summed E-state index contributed by atoms with van der Waals surface area (Å²) in [5.74, 6) is 0.499. The van der Waals surface area contributed by atoms with E-state index in [0.29, 0.717) is 5.92 Å². The molecule has 1 aliphatic heterocycles. The normalized spacial score (nSPS) is 26.4. The van der Waals surface area contributed by atoms with Gasteiger partial charge in [0.1, 0.15) is 0 Å². The Hall–Kier alpha value is -2.17. The predicted octanol–water partition coefficient (Wildman–Crippen LogP) is 4.27. The molecule has 0 unspecified atom stereocenters. The van der Waals surface area contributed by atoms with E-state index < -0.39 is 0 Å². The quantitative estimate of drug-likeness (QED) is 0.732. The van der Waals surface area contributed by atoms with Gasteiger partial charge in [-0.25, -0.2) is 9.79 Å². The molecule has 2 fully saturated rings. The van der Waals surface area contributed by atoms with Crippen LogP contribution in [0.3, 0.4) is 0 Å². The highest BCUT2D eigenvalue weighted by molar-refractivity contribution is 5.84. The molecule has 0 N–H and O–H groups in total. The van der Waals surface area contributed by atoms with Gasteiger partial charge in [-0.1, -0.05) is 37.3 Å². The van der Waals surface area contributed by atoms with Crippen LogP contribution in [-0.2, 0) is 10.2 Å². The Morgan fingerprint density at radius 1 is 1.11 bits per heavy atom. The van der Waals surface area contributed by atoms with Crippen molar-refractivity contribution in [1.29, 1.82) is 0 Å². The van der Waals surface area contributed by atoms with Crippen LogP contribution in [0.2, 0.25) is 0 Å². The molecule has 28 heavy (non-hydrogen) atoms. The molecule has 152 valence electrons. The minimum atomic E-state index is -0.155. The number of carbonyl (C=O) groups excluding carboxylic acids is 2. The SMILES string of the molecule is CC(=O)N1CCC(N(C)C(=O)/N=C/C2CCC(C)(c3ccccc3)CC2)CC1. The van der Waals surface area contributed by atoms with Crippen molar-refractivity contribution in [3.63, 3.8) is 0 Å². The number of piperidine rings is 1. The van der Waals surface area contributed by atoms with Gasteiger partial charge in [0.2, 0.25) is 5.91 Å². The average molecular weight is 384 g/mol. The molecule has 1 saturated heterocycles. The summed E-state index contributed by atoms with van der Waals surface area (Å²) in [7, 11) is 1.83. The van der Waals surface area contributed by atoms with E-state index in [1.165, 1.54) is 5.56 Å². The Balaban J connectivity index is 1.48. The number of likely N-dealkylation sites (tertiary alicyclic amines) is 1. The molecule has 0 bridgehead atoms. The lowest BCUT2D eigenvalue weighted by atomic mass is 9.68. The van der Waals surface area contributed by atoms with Gasteiger partial charge < -0.3 is 9.80 Å². The maximum absolute atomic E-state index is 12.5. The molecule has 1 saturated carbocycles. The first-order valence-electron chi connectivity index (χ1n) is 10.5. The van der Waals surface area contributed by atoms with Gasteiger partial charge in [-0.2, -0.15) is 0 Å². The first-order chi connectivity index (χ1) is 13.4. The van der Waals surface area contributed by atoms with Crippen LogP contribution in [0.15, 0.2) is 35.3 Å². The summed E-state index contributed by atoms with van der Waals surface area (Å²) in [5, 5.41) is 0. The Morgan fingerprint density at radius 3 is 2.29 bits per heavy atom. The molecule has 1 aromatic carbocycles. The molecule has 2 aliphatic rings. The van der Waals surface area contributed by atoms with E-state index in [1.807, 2.05) is 18.2 Å². The monoisotopic (exact) mass is 383 g/mol. The molecule has 0 radical (unpaired) electrons. The van der Waals surface area contributed by atoms with Gasteiger partial charge in [-0.3, -0.25) is 4.79 Å². The van der Waals surface area contributed by atoms with E-state index in [1.54, 1.807) is 11.8 Å². The fraction of sp³-hybridized carbons (Fsp3) is 0.609. The molecule has 1 heterocycles. The maximum Gasteiger partial charge on any atom is 0.343 e. The second kappa shape index (κ2) is 8.89. The zero-order valence-electron chi connectivity index (χ0n) is 17.4. The lowest BCUT2D eigenvalue weighted by Gasteiger charge is -2.37. The van der Waals surface area contributed by atoms with Crippen molar-refractivity contribution in [2.24, 2.45) is 10.9 Å². The van der Waals surface area contributed by atoms with E-state index in [2.05, 4.69) is 42.2 Å². The third-order valence-corrected chi connectivity index (χ3v) is 6.76. The van der Waals surface area contributed by atoms with Gasteiger partial charge in [0.05, 0.1) is 0 Å². The molecule has 3 amide bonds. The maximum atomic E-state index is 12.5. The minimum absolute atomic E-state index is 0.116. The molecule has 3 rings (SSSR count). The van der Waals surface area contributed by atoms with Gasteiger partial charge >= 0.3 is 6.03 Å². The number of urea groups is 1. The minimum Gasteiger partial charge on any atom is -0.343 e. The van der Waals surface area contributed by atoms with Gasteiger partial charge in [-0.15, -0.1) is 0 Å². The number of hydrogen-bond acceptors (Lipinski definition) is 2. The summed E-state index contributed by atoms with van der Waals surface area (Å²) in [6, 6.07) is 10.8. The van der Waals surface area contributed by atoms with Gasteiger partial charge in [0.25, 0.3) is 0 Å². The largest absolute Gasteiger partial charge is 0.343 e. The number of hydrogen-bond donors (Lipinski definition) is 0. The second-order valence-electron chi connectivity index (χ2n) is 8.67. The smallest absolute Gasteiger partial charge is 0.343 e. The zero-order valence-corrected chi connectivity index (χ0v) is 17.4.